The van der Waals surface area contributed by atoms with Gasteiger partial charge >= 0.3 is 6.18 Å². The van der Waals surface area contributed by atoms with E-state index in [1.165, 1.54) is 17.2 Å². The summed E-state index contributed by atoms with van der Waals surface area (Å²) in [4.78, 5) is 26.7. The van der Waals surface area contributed by atoms with Crippen molar-refractivity contribution in [1.82, 2.24) is 25.1 Å². The Bertz CT molecular complexity index is 1830. The summed E-state index contributed by atoms with van der Waals surface area (Å²) in [5.74, 6) is -0.208. The van der Waals surface area contributed by atoms with E-state index in [1.54, 1.807) is 13.8 Å². The van der Waals surface area contributed by atoms with Crippen molar-refractivity contribution in [3.8, 4) is 0 Å². The fraction of sp³-hybridized carbons (Fsp3) is 0.400. The Morgan fingerprint density at radius 2 is 1.79 bits per heavy atom. The third-order valence-corrected chi connectivity index (χ3v) is 9.27. The minimum absolute atomic E-state index is 0.0280. The number of piperidine rings is 1. The van der Waals surface area contributed by atoms with Crippen molar-refractivity contribution in [2.75, 3.05) is 18.0 Å². The molecule has 12 heteroatoms. The second kappa shape index (κ2) is 8.97. The Morgan fingerprint density at radius 1 is 1.05 bits per heavy atom. The highest BCUT2D eigenvalue weighted by Gasteiger charge is 2.46. The Labute approximate surface area is 238 Å². The van der Waals surface area contributed by atoms with Crippen molar-refractivity contribution < 1.29 is 17.6 Å². The average Bonchev–Trinajstić information content (AvgIpc) is 3.48. The summed E-state index contributed by atoms with van der Waals surface area (Å²) in [5.41, 5.74) is 6.83. The monoisotopic (exact) mass is 579 g/mol. The maximum Gasteiger partial charge on any atom is 0.433 e. The van der Waals surface area contributed by atoms with Gasteiger partial charge in [-0.15, -0.1) is 0 Å². The number of rotatable bonds is 2. The molecule has 1 aliphatic heterocycles. The number of pyridine rings is 1. The molecule has 0 bridgehead atoms. The molecular weight excluding hydrogens is 550 g/mol. The van der Waals surface area contributed by atoms with E-state index in [-0.39, 0.29) is 51.4 Å². The number of anilines is 1. The number of nitrogens with one attached hydrogen (secondary N) is 2. The van der Waals surface area contributed by atoms with Gasteiger partial charge in [-0.25, -0.2) is 9.37 Å². The molecule has 218 valence electrons. The lowest BCUT2D eigenvalue weighted by Gasteiger charge is -2.42. The van der Waals surface area contributed by atoms with Crippen LogP contribution in [0.5, 0.6) is 0 Å². The summed E-state index contributed by atoms with van der Waals surface area (Å²) in [5, 5.41) is 7.01. The zero-order valence-electron chi connectivity index (χ0n) is 23.1. The summed E-state index contributed by atoms with van der Waals surface area (Å²) in [7, 11) is 0. The molecule has 1 atom stereocenters. The first-order valence-corrected chi connectivity index (χ1v) is 13.9. The lowest BCUT2D eigenvalue weighted by atomic mass is 9.73. The van der Waals surface area contributed by atoms with Crippen LogP contribution >= 0.6 is 0 Å². The van der Waals surface area contributed by atoms with E-state index in [9.17, 15) is 18.0 Å². The number of hydrogen-bond acceptors (Lipinski definition) is 6. The van der Waals surface area contributed by atoms with Gasteiger partial charge in [0.2, 0.25) is 5.95 Å². The number of benzene rings is 1. The van der Waals surface area contributed by atoms with Crippen molar-refractivity contribution in [2.45, 2.75) is 51.7 Å². The molecule has 3 aliphatic rings. The van der Waals surface area contributed by atoms with Crippen LogP contribution < -0.4 is 16.2 Å². The fourth-order valence-electron chi connectivity index (χ4n) is 6.94. The SMILES string of the molecule is CC1(C)Cc2nc(C(F)(F)F)ccc2C(c2[nH]nc3nc(N4CCC5(CC4)Cc4ccccc4[C@H]5N)[nH]c(=O)c23)=C1F. The number of halogens is 4. The first kappa shape index (κ1) is 26.8. The molecule has 1 fully saturated rings. The summed E-state index contributed by atoms with van der Waals surface area (Å²) >= 11 is 0. The molecule has 42 heavy (non-hydrogen) atoms. The number of fused-ring (bicyclic) bond motifs is 3. The van der Waals surface area contributed by atoms with Crippen LogP contribution in [-0.4, -0.2) is 38.2 Å². The Balaban J connectivity index is 1.22. The van der Waals surface area contributed by atoms with Gasteiger partial charge in [0.25, 0.3) is 5.56 Å². The Kier molecular flexibility index (Phi) is 5.73. The van der Waals surface area contributed by atoms with Gasteiger partial charge < -0.3 is 10.6 Å². The molecule has 0 amide bonds. The van der Waals surface area contributed by atoms with Crippen LogP contribution in [0.25, 0.3) is 16.6 Å². The smallest absolute Gasteiger partial charge is 0.342 e. The van der Waals surface area contributed by atoms with E-state index >= 15 is 4.39 Å². The van der Waals surface area contributed by atoms with Gasteiger partial charge in [0, 0.05) is 47.8 Å². The summed E-state index contributed by atoms with van der Waals surface area (Å²) < 4.78 is 56.1. The minimum atomic E-state index is -4.64. The minimum Gasteiger partial charge on any atom is -0.342 e. The standard InChI is InChI=1S/C30H29F4N7O/c1-28(2)14-18-17(7-8-19(36-18)30(32,33)34)20(23(28)31)22-21-25(40-39-22)37-27(38-26(21)42)41-11-9-29(10-12-41)13-15-5-3-4-6-16(15)24(29)35/h3-8,24H,9-14,35H2,1-2H3,(H2,37,38,39,40,42)/t24-/m1/s1. The van der Waals surface area contributed by atoms with Crippen LogP contribution in [0, 0.1) is 10.8 Å². The second-order valence-electron chi connectivity index (χ2n) is 12.3. The molecule has 4 N–H and O–H groups in total. The number of alkyl halides is 3. The number of nitrogens with two attached hydrogens (primary N) is 1. The number of H-pyrrole nitrogens is 2. The Morgan fingerprint density at radius 3 is 2.50 bits per heavy atom. The van der Waals surface area contributed by atoms with E-state index in [1.807, 2.05) is 17.0 Å². The maximum atomic E-state index is 15.9. The highest BCUT2D eigenvalue weighted by Crippen LogP contribution is 2.51. The number of hydrogen-bond donors (Lipinski definition) is 3. The van der Waals surface area contributed by atoms with Crippen LogP contribution in [0.2, 0.25) is 0 Å². The van der Waals surface area contributed by atoms with E-state index < -0.39 is 28.7 Å². The lowest BCUT2D eigenvalue weighted by Crippen LogP contribution is -2.45. The number of nitrogens with zero attached hydrogens (tertiary/aromatic N) is 4. The van der Waals surface area contributed by atoms with Crippen LogP contribution in [0.1, 0.15) is 66.5 Å². The van der Waals surface area contributed by atoms with Gasteiger partial charge in [-0.1, -0.05) is 44.2 Å². The van der Waals surface area contributed by atoms with Gasteiger partial charge in [-0.05, 0) is 41.9 Å². The van der Waals surface area contributed by atoms with Gasteiger partial charge in [-0.2, -0.15) is 23.3 Å². The first-order chi connectivity index (χ1) is 19.9. The van der Waals surface area contributed by atoms with Crippen LogP contribution in [-0.2, 0) is 19.0 Å². The molecule has 0 radical (unpaired) electrons. The average molecular weight is 580 g/mol. The van der Waals surface area contributed by atoms with E-state index in [2.05, 4.69) is 37.3 Å². The van der Waals surface area contributed by atoms with Crippen molar-refractivity contribution in [2.24, 2.45) is 16.6 Å². The first-order valence-electron chi connectivity index (χ1n) is 13.9. The molecule has 0 unspecified atom stereocenters. The molecule has 7 rings (SSSR count). The normalized spacial score (nSPS) is 21.2. The third kappa shape index (κ3) is 3.98. The van der Waals surface area contributed by atoms with Crippen LogP contribution in [0.15, 0.2) is 47.0 Å². The largest absolute Gasteiger partial charge is 0.433 e. The highest BCUT2D eigenvalue weighted by atomic mass is 19.4. The van der Waals surface area contributed by atoms with Gasteiger partial charge in [0.1, 0.15) is 16.9 Å². The second-order valence-corrected chi connectivity index (χ2v) is 12.3. The van der Waals surface area contributed by atoms with Gasteiger partial charge in [-0.3, -0.25) is 14.9 Å². The third-order valence-electron chi connectivity index (χ3n) is 9.27. The molecule has 4 heterocycles. The van der Waals surface area contributed by atoms with Gasteiger partial charge in [0.05, 0.1) is 5.69 Å². The molecule has 3 aromatic heterocycles. The lowest BCUT2D eigenvalue weighted by molar-refractivity contribution is -0.141. The molecule has 8 nitrogen and oxygen atoms in total. The van der Waals surface area contributed by atoms with Crippen molar-refractivity contribution in [1.29, 1.82) is 0 Å². The predicted octanol–water partition coefficient (Wildman–Crippen LogP) is 5.21. The van der Waals surface area contributed by atoms with Crippen molar-refractivity contribution in [3.05, 3.63) is 86.4 Å². The molecule has 0 saturated carbocycles. The summed E-state index contributed by atoms with van der Waals surface area (Å²) in [6, 6.07) is 10.3. The Hall–Kier alpha value is -4.06. The van der Waals surface area contributed by atoms with Crippen molar-refractivity contribution in [3.63, 3.8) is 0 Å². The number of aromatic nitrogens is 5. The highest BCUT2D eigenvalue weighted by molar-refractivity contribution is 5.95. The van der Waals surface area contributed by atoms with Crippen LogP contribution in [0.4, 0.5) is 23.5 Å². The number of aromatic amines is 2. The quantitative estimate of drug-likeness (QED) is 0.281. The van der Waals surface area contributed by atoms with E-state index in [0.29, 0.717) is 19.0 Å². The number of allylic oxidation sites excluding steroid dienone is 1. The maximum absolute atomic E-state index is 15.9. The predicted molar refractivity (Wildman–Crippen MR) is 149 cm³/mol. The molecule has 2 aliphatic carbocycles. The van der Waals surface area contributed by atoms with Crippen molar-refractivity contribution >= 4 is 22.6 Å². The molecule has 1 saturated heterocycles. The molecular formula is C30H29F4N7O. The molecule has 1 aromatic carbocycles. The molecule has 1 spiro atoms. The van der Waals surface area contributed by atoms with Crippen LogP contribution in [0.3, 0.4) is 0 Å². The summed E-state index contributed by atoms with van der Waals surface area (Å²) in [6.45, 7) is 4.46. The molecule has 4 aromatic rings. The summed E-state index contributed by atoms with van der Waals surface area (Å²) in [6.07, 6.45) is -2.10. The zero-order valence-corrected chi connectivity index (χ0v) is 23.1. The fourth-order valence-corrected chi connectivity index (χ4v) is 6.94. The topological polar surface area (TPSA) is 117 Å². The van der Waals surface area contributed by atoms with E-state index in [4.69, 9.17) is 5.73 Å². The van der Waals surface area contributed by atoms with Gasteiger partial charge in [0.15, 0.2) is 5.65 Å². The van der Waals surface area contributed by atoms with E-state index in [0.717, 1.165) is 25.3 Å². The zero-order chi connectivity index (χ0) is 29.6.